The Bertz CT molecular complexity index is 1520. The molecule has 1 N–H and O–H groups in total. The van der Waals surface area contributed by atoms with Gasteiger partial charge in [0.25, 0.3) is 5.91 Å². The molecular weight excluding hydrogens is 466 g/mol. The Morgan fingerprint density at radius 2 is 1.89 bits per heavy atom. The molecule has 0 radical (unpaired) electrons. The number of ether oxygens (including phenoxy) is 1. The van der Waals surface area contributed by atoms with Crippen LogP contribution in [0.4, 0.5) is 8.78 Å². The molecule has 0 aliphatic carbocycles. The van der Waals surface area contributed by atoms with Crippen molar-refractivity contribution in [3.63, 3.8) is 0 Å². The molecule has 0 fully saturated rings. The van der Waals surface area contributed by atoms with Crippen molar-refractivity contribution in [2.24, 2.45) is 0 Å². The van der Waals surface area contributed by atoms with E-state index in [1.807, 2.05) is 38.1 Å². The highest BCUT2D eigenvalue weighted by Gasteiger charge is 2.37. The van der Waals surface area contributed by atoms with Crippen molar-refractivity contribution < 1.29 is 27.5 Å². The predicted octanol–water partition coefficient (Wildman–Crippen LogP) is 6.04. The van der Waals surface area contributed by atoms with Crippen LogP contribution in [0.25, 0.3) is 27.6 Å². The Morgan fingerprint density at radius 3 is 2.58 bits per heavy atom. The summed E-state index contributed by atoms with van der Waals surface area (Å²) in [5, 5.41) is 0.902. The monoisotopic (exact) mass is 490 g/mol. The second-order valence-electron chi connectivity index (χ2n) is 9.36. The van der Waals surface area contributed by atoms with Crippen LogP contribution >= 0.6 is 0 Å². The lowest BCUT2D eigenvalue weighted by Gasteiger charge is -2.29. The number of aromatic nitrogens is 1. The van der Waals surface area contributed by atoms with Crippen LogP contribution in [0.2, 0.25) is 0 Å². The molecule has 1 amide bonds. The van der Waals surface area contributed by atoms with E-state index in [-0.39, 0.29) is 24.3 Å². The van der Waals surface area contributed by atoms with Gasteiger partial charge in [0.15, 0.2) is 11.6 Å². The van der Waals surface area contributed by atoms with Gasteiger partial charge in [-0.2, -0.15) is 0 Å². The lowest BCUT2D eigenvalue weighted by molar-refractivity contribution is -0.136. The Balaban J connectivity index is 1.67. The number of halogens is 2. The summed E-state index contributed by atoms with van der Waals surface area (Å²) in [4.78, 5) is 31.2. The number of carbonyl (C=O) groups excluding carboxylic acids is 2. The van der Waals surface area contributed by atoms with Crippen LogP contribution < -0.4 is 0 Å². The number of furan rings is 1. The highest BCUT2D eigenvalue weighted by atomic mass is 19.2. The van der Waals surface area contributed by atoms with Gasteiger partial charge in [-0.3, -0.25) is 4.79 Å². The van der Waals surface area contributed by atoms with Crippen molar-refractivity contribution in [1.29, 1.82) is 0 Å². The summed E-state index contributed by atoms with van der Waals surface area (Å²) >= 11 is 0. The zero-order valence-electron chi connectivity index (χ0n) is 20.0. The molecule has 1 aliphatic heterocycles. The fraction of sp³-hybridized carbons (Fsp3) is 0.214. The van der Waals surface area contributed by atoms with E-state index in [0.717, 1.165) is 39.7 Å². The number of fused-ring (bicyclic) bond motifs is 3. The highest BCUT2D eigenvalue weighted by molar-refractivity contribution is 6.18. The third-order valence-electron chi connectivity index (χ3n) is 6.37. The van der Waals surface area contributed by atoms with Crippen molar-refractivity contribution in [3.8, 4) is 11.1 Å². The average molecular weight is 491 g/mol. The lowest BCUT2D eigenvalue weighted by Crippen LogP contribution is -2.37. The third kappa shape index (κ3) is 3.98. The van der Waals surface area contributed by atoms with Crippen molar-refractivity contribution >= 4 is 28.4 Å². The van der Waals surface area contributed by atoms with E-state index >= 15 is 0 Å². The standard InChI is InChI=1S/C28H24F2N2O4/c1-4-36-27(34)20-13-32(26(33)17-6-8-21(29)22(30)11-17)15-28(2,3)24-19-7-5-16(18-9-10-35-14-18)12-23(19)31-25(20)24/h5-14,31H,4,15H2,1-3H3. The Labute approximate surface area is 206 Å². The molecule has 0 spiro atoms. The van der Waals surface area contributed by atoms with Crippen LogP contribution in [-0.2, 0) is 14.9 Å². The number of hydrogen-bond acceptors (Lipinski definition) is 4. The quantitative estimate of drug-likeness (QED) is 0.354. The topological polar surface area (TPSA) is 75.5 Å². The predicted molar refractivity (Wildman–Crippen MR) is 131 cm³/mol. The van der Waals surface area contributed by atoms with Crippen LogP contribution in [0.15, 0.2) is 65.6 Å². The third-order valence-corrected chi connectivity index (χ3v) is 6.37. The smallest absolute Gasteiger partial charge is 0.341 e. The summed E-state index contributed by atoms with van der Waals surface area (Å²) in [5.74, 6) is -3.31. The first kappa shape index (κ1) is 23.5. The SMILES string of the molecule is CCOC(=O)C1=CN(C(=O)c2ccc(F)c(F)c2)CC(C)(C)c2c1[nH]c1cc(-c3ccoc3)ccc21. The van der Waals surface area contributed by atoms with E-state index in [9.17, 15) is 18.4 Å². The molecule has 184 valence electrons. The number of hydrogen-bond donors (Lipinski definition) is 1. The molecule has 0 saturated carbocycles. The summed E-state index contributed by atoms with van der Waals surface area (Å²) < 4.78 is 37.9. The molecule has 3 heterocycles. The van der Waals surface area contributed by atoms with Crippen LogP contribution in [0.1, 0.15) is 42.4 Å². The molecule has 0 atom stereocenters. The second kappa shape index (κ2) is 8.78. The Kier molecular flexibility index (Phi) is 5.74. The average Bonchev–Trinajstić information content (AvgIpc) is 3.48. The summed E-state index contributed by atoms with van der Waals surface area (Å²) in [5.41, 5.74) is 3.63. The first-order valence-electron chi connectivity index (χ1n) is 11.5. The van der Waals surface area contributed by atoms with Crippen molar-refractivity contribution in [1.82, 2.24) is 9.88 Å². The van der Waals surface area contributed by atoms with Crippen molar-refractivity contribution in [2.45, 2.75) is 26.2 Å². The minimum Gasteiger partial charge on any atom is -0.472 e. The number of carbonyl (C=O) groups is 2. The van der Waals surface area contributed by atoms with Crippen molar-refractivity contribution in [3.05, 3.63) is 89.6 Å². The molecule has 5 rings (SSSR count). The van der Waals surface area contributed by atoms with E-state index in [2.05, 4.69) is 4.98 Å². The maximum atomic E-state index is 13.9. The molecule has 6 nitrogen and oxygen atoms in total. The van der Waals surface area contributed by atoms with Gasteiger partial charge < -0.3 is 19.0 Å². The van der Waals surface area contributed by atoms with Gasteiger partial charge in [-0.1, -0.05) is 26.0 Å². The summed E-state index contributed by atoms with van der Waals surface area (Å²) in [7, 11) is 0. The molecule has 8 heteroatoms. The second-order valence-corrected chi connectivity index (χ2v) is 9.36. The van der Waals surface area contributed by atoms with Gasteiger partial charge in [0.2, 0.25) is 0 Å². The van der Waals surface area contributed by atoms with Crippen molar-refractivity contribution in [2.75, 3.05) is 13.2 Å². The maximum absolute atomic E-state index is 13.9. The van der Waals surface area contributed by atoms with Crippen LogP contribution in [0.5, 0.6) is 0 Å². The number of esters is 1. The fourth-order valence-corrected chi connectivity index (χ4v) is 4.77. The molecule has 0 saturated heterocycles. The van der Waals surface area contributed by atoms with E-state index in [0.29, 0.717) is 5.69 Å². The number of aromatic amines is 1. The minimum absolute atomic E-state index is 0.0238. The highest BCUT2D eigenvalue weighted by Crippen LogP contribution is 2.41. The van der Waals surface area contributed by atoms with Gasteiger partial charge in [0.1, 0.15) is 0 Å². The van der Waals surface area contributed by atoms with Gasteiger partial charge in [0, 0.05) is 40.2 Å². The number of nitrogens with zero attached hydrogens (tertiary/aromatic N) is 1. The van der Waals surface area contributed by atoms with Gasteiger partial charge in [-0.15, -0.1) is 0 Å². The fourth-order valence-electron chi connectivity index (χ4n) is 4.77. The zero-order chi connectivity index (χ0) is 25.6. The normalized spacial score (nSPS) is 14.8. The van der Waals surface area contributed by atoms with Gasteiger partial charge in [-0.05, 0) is 48.4 Å². The van der Waals surface area contributed by atoms with E-state index in [1.54, 1.807) is 19.5 Å². The van der Waals surface area contributed by atoms with E-state index < -0.39 is 28.9 Å². The van der Waals surface area contributed by atoms with E-state index in [1.165, 1.54) is 17.2 Å². The largest absolute Gasteiger partial charge is 0.472 e. The lowest BCUT2D eigenvalue weighted by atomic mass is 9.81. The number of H-pyrrole nitrogens is 1. The van der Waals surface area contributed by atoms with Gasteiger partial charge in [0.05, 0.1) is 30.4 Å². The summed E-state index contributed by atoms with van der Waals surface area (Å²) in [6.07, 6.45) is 4.69. The minimum atomic E-state index is -1.12. The molecule has 2 aromatic carbocycles. The Hall–Kier alpha value is -4.20. The molecule has 2 aromatic heterocycles. The molecule has 0 unspecified atom stereocenters. The Morgan fingerprint density at radius 1 is 1.08 bits per heavy atom. The zero-order valence-corrected chi connectivity index (χ0v) is 20.0. The summed E-state index contributed by atoms with van der Waals surface area (Å²) in [6.45, 7) is 5.98. The van der Waals surface area contributed by atoms with E-state index in [4.69, 9.17) is 9.15 Å². The number of amides is 1. The molecule has 0 bridgehead atoms. The molecule has 1 aliphatic rings. The van der Waals surface area contributed by atoms with Crippen LogP contribution in [0.3, 0.4) is 0 Å². The van der Waals surface area contributed by atoms with Crippen LogP contribution in [0, 0.1) is 11.6 Å². The number of rotatable bonds is 4. The molecule has 36 heavy (non-hydrogen) atoms. The molecule has 4 aromatic rings. The summed E-state index contributed by atoms with van der Waals surface area (Å²) in [6, 6.07) is 10.8. The first-order valence-corrected chi connectivity index (χ1v) is 11.5. The van der Waals surface area contributed by atoms with Gasteiger partial charge >= 0.3 is 5.97 Å². The van der Waals surface area contributed by atoms with Crippen LogP contribution in [-0.4, -0.2) is 34.9 Å². The van der Waals surface area contributed by atoms with Gasteiger partial charge in [-0.25, -0.2) is 13.6 Å². The number of benzene rings is 2. The molecular formula is C28H24F2N2O4. The first-order chi connectivity index (χ1) is 17.2. The maximum Gasteiger partial charge on any atom is 0.341 e. The number of nitrogens with one attached hydrogen (secondary N) is 1.